The molecule has 2 saturated carbocycles. The molecular formula is C30H38O3S. The number of rotatable bonds is 8. The lowest BCUT2D eigenvalue weighted by molar-refractivity contribution is -0.170. The van der Waals surface area contributed by atoms with Gasteiger partial charge < -0.3 is 9.47 Å². The highest BCUT2D eigenvalue weighted by Gasteiger charge is 2.73. The van der Waals surface area contributed by atoms with Crippen LogP contribution in [0.5, 0.6) is 0 Å². The summed E-state index contributed by atoms with van der Waals surface area (Å²) < 4.78 is 12.6. The second-order valence-corrected chi connectivity index (χ2v) is 11.8. The van der Waals surface area contributed by atoms with Crippen molar-refractivity contribution < 1.29 is 14.3 Å². The number of hydrogen-bond donors (Lipinski definition) is 0. The molecule has 0 bridgehead atoms. The molecule has 182 valence electrons. The fourth-order valence-corrected chi connectivity index (χ4v) is 7.62. The number of carbonyl (C=O) groups excluding carboxylic acids is 1. The zero-order chi connectivity index (χ0) is 24.4. The molecule has 0 aromatic heterocycles. The molecule has 0 spiro atoms. The van der Waals surface area contributed by atoms with Crippen LogP contribution in [0.25, 0.3) is 0 Å². The lowest BCUT2D eigenvalue weighted by atomic mass is 9.65. The van der Waals surface area contributed by atoms with E-state index in [-0.39, 0.29) is 22.9 Å². The molecule has 2 aliphatic rings. The summed E-state index contributed by atoms with van der Waals surface area (Å²) in [5, 5.41) is 0. The SMILES string of the molecule is CCOC(=O)[C@]12/C(=C(\C)CSc3ccccc3)CC[C@@]1(C)CC(C)(C)[C@H]2OCc1ccccc1. The fraction of sp³-hybridized carbons (Fsp3) is 0.500. The van der Waals surface area contributed by atoms with E-state index in [1.807, 2.05) is 43.0 Å². The highest BCUT2D eigenvalue weighted by Crippen LogP contribution is 2.71. The van der Waals surface area contributed by atoms with Crippen LogP contribution in [0, 0.1) is 16.2 Å². The molecule has 2 aromatic carbocycles. The predicted molar refractivity (Wildman–Crippen MR) is 140 cm³/mol. The quantitative estimate of drug-likeness (QED) is 0.224. The maximum absolute atomic E-state index is 14.0. The Hall–Kier alpha value is -2.04. The lowest BCUT2D eigenvalue weighted by Gasteiger charge is -2.42. The average Bonchev–Trinajstić information content (AvgIpc) is 3.20. The first kappa shape index (κ1) is 25.1. The van der Waals surface area contributed by atoms with E-state index in [0.717, 1.165) is 30.6 Å². The first-order valence-corrected chi connectivity index (χ1v) is 13.4. The van der Waals surface area contributed by atoms with Crippen LogP contribution in [-0.4, -0.2) is 24.4 Å². The minimum Gasteiger partial charge on any atom is -0.465 e. The Morgan fingerprint density at radius 2 is 1.68 bits per heavy atom. The second kappa shape index (κ2) is 9.91. The van der Waals surface area contributed by atoms with E-state index in [4.69, 9.17) is 9.47 Å². The van der Waals surface area contributed by atoms with Crippen LogP contribution in [0.2, 0.25) is 0 Å². The highest BCUT2D eigenvalue weighted by atomic mass is 32.2. The molecule has 0 radical (unpaired) electrons. The lowest BCUT2D eigenvalue weighted by Crippen LogP contribution is -2.51. The van der Waals surface area contributed by atoms with Crippen molar-refractivity contribution in [3.8, 4) is 0 Å². The van der Waals surface area contributed by atoms with Gasteiger partial charge >= 0.3 is 5.97 Å². The van der Waals surface area contributed by atoms with Crippen molar-refractivity contribution in [2.75, 3.05) is 12.4 Å². The molecule has 4 heteroatoms. The Labute approximate surface area is 209 Å². The normalized spacial score (nSPS) is 29.0. The van der Waals surface area contributed by atoms with Gasteiger partial charge in [-0.05, 0) is 61.6 Å². The van der Waals surface area contributed by atoms with E-state index in [1.54, 1.807) is 0 Å². The van der Waals surface area contributed by atoms with E-state index in [2.05, 4.69) is 64.1 Å². The van der Waals surface area contributed by atoms with Crippen molar-refractivity contribution >= 4 is 17.7 Å². The molecule has 3 nitrogen and oxygen atoms in total. The van der Waals surface area contributed by atoms with Crippen LogP contribution in [0.4, 0.5) is 0 Å². The summed E-state index contributed by atoms with van der Waals surface area (Å²) in [7, 11) is 0. The van der Waals surface area contributed by atoms with Crippen LogP contribution in [0.3, 0.4) is 0 Å². The molecule has 2 fully saturated rings. The zero-order valence-electron chi connectivity index (χ0n) is 21.2. The maximum Gasteiger partial charge on any atom is 0.319 e. The molecule has 2 aliphatic carbocycles. The topological polar surface area (TPSA) is 35.5 Å². The Kier molecular flexibility index (Phi) is 7.30. The number of ether oxygens (including phenoxy) is 2. The van der Waals surface area contributed by atoms with Crippen LogP contribution >= 0.6 is 11.8 Å². The molecule has 0 aliphatic heterocycles. The van der Waals surface area contributed by atoms with E-state index in [9.17, 15) is 4.79 Å². The molecule has 3 atom stereocenters. The number of thioether (sulfide) groups is 1. The van der Waals surface area contributed by atoms with Crippen LogP contribution in [0.1, 0.15) is 59.4 Å². The van der Waals surface area contributed by atoms with Gasteiger partial charge in [0, 0.05) is 10.6 Å². The van der Waals surface area contributed by atoms with Crippen molar-refractivity contribution in [2.45, 2.75) is 71.5 Å². The first-order chi connectivity index (χ1) is 16.2. The third kappa shape index (κ3) is 4.35. The number of fused-ring (bicyclic) bond motifs is 1. The largest absolute Gasteiger partial charge is 0.465 e. The van der Waals surface area contributed by atoms with Gasteiger partial charge in [-0.25, -0.2) is 0 Å². The van der Waals surface area contributed by atoms with Gasteiger partial charge in [0.1, 0.15) is 5.41 Å². The van der Waals surface area contributed by atoms with Crippen molar-refractivity contribution in [3.63, 3.8) is 0 Å². The van der Waals surface area contributed by atoms with Gasteiger partial charge in [0.2, 0.25) is 0 Å². The van der Waals surface area contributed by atoms with Crippen LogP contribution < -0.4 is 0 Å². The summed E-state index contributed by atoms with van der Waals surface area (Å²) in [6.45, 7) is 11.8. The second-order valence-electron chi connectivity index (χ2n) is 10.8. The van der Waals surface area contributed by atoms with Crippen molar-refractivity contribution in [2.24, 2.45) is 16.2 Å². The number of benzene rings is 2. The maximum atomic E-state index is 14.0. The summed E-state index contributed by atoms with van der Waals surface area (Å²) >= 11 is 1.83. The highest BCUT2D eigenvalue weighted by molar-refractivity contribution is 7.99. The summed E-state index contributed by atoms with van der Waals surface area (Å²) in [4.78, 5) is 15.3. The first-order valence-electron chi connectivity index (χ1n) is 12.4. The number of hydrogen-bond acceptors (Lipinski definition) is 4. The minimum atomic E-state index is -0.747. The Morgan fingerprint density at radius 1 is 1.03 bits per heavy atom. The average molecular weight is 479 g/mol. The van der Waals surface area contributed by atoms with E-state index in [0.29, 0.717) is 13.2 Å². The predicted octanol–water partition coefficient (Wildman–Crippen LogP) is 7.46. The van der Waals surface area contributed by atoms with Gasteiger partial charge in [-0.15, -0.1) is 11.8 Å². The van der Waals surface area contributed by atoms with Crippen molar-refractivity contribution in [1.29, 1.82) is 0 Å². The van der Waals surface area contributed by atoms with Gasteiger partial charge in [0.05, 0.1) is 19.3 Å². The molecule has 34 heavy (non-hydrogen) atoms. The van der Waals surface area contributed by atoms with Crippen LogP contribution in [0.15, 0.2) is 76.7 Å². The monoisotopic (exact) mass is 478 g/mol. The van der Waals surface area contributed by atoms with Gasteiger partial charge in [-0.1, -0.05) is 80.4 Å². The molecule has 0 amide bonds. The van der Waals surface area contributed by atoms with Gasteiger partial charge in [-0.2, -0.15) is 0 Å². The van der Waals surface area contributed by atoms with E-state index < -0.39 is 5.41 Å². The molecule has 2 aromatic rings. The van der Waals surface area contributed by atoms with Crippen molar-refractivity contribution in [1.82, 2.24) is 0 Å². The zero-order valence-corrected chi connectivity index (χ0v) is 22.0. The van der Waals surface area contributed by atoms with E-state index >= 15 is 0 Å². The molecule has 0 saturated heterocycles. The molecule has 0 N–H and O–H groups in total. The molecule has 0 unspecified atom stereocenters. The van der Waals surface area contributed by atoms with Gasteiger partial charge in [-0.3, -0.25) is 4.79 Å². The summed E-state index contributed by atoms with van der Waals surface area (Å²) in [5.74, 6) is 0.764. The number of esters is 1. The molecule has 4 rings (SSSR count). The van der Waals surface area contributed by atoms with Crippen molar-refractivity contribution in [3.05, 3.63) is 77.4 Å². The Bertz CT molecular complexity index is 1030. The molecular weight excluding hydrogens is 440 g/mol. The standard InChI is InChI=1S/C30H38O3S/c1-6-32-27(31)30-25(22(2)20-34-24-15-11-8-12-16-24)17-18-29(30,5)21-28(3,4)26(30)33-19-23-13-9-7-10-14-23/h7-16,26H,6,17-21H2,1-5H3/b25-22+/t26-,29+,30-/m1/s1. The Morgan fingerprint density at radius 3 is 2.32 bits per heavy atom. The third-order valence-electron chi connectivity index (χ3n) is 7.87. The van der Waals surface area contributed by atoms with Gasteiger partial charge in [0.15, 0.2) is 0 Å². The fourth-order valence-electron chi connectivity index (χ4n) is 6.72. The smallest absolute Gasteiger partial charge is 0.319 e. The third-order valence-corrected chi connectivity index (χ3v) is 9.06. The number of carbonyl (C=O) groups is 1. The summed E-state index contributed by atoms with van der Waals surface area (Å²) in [6.07, 6.45) is 2.63. The summed E-state index contributed by atoms with van der Waals surface area (Å²) in [5.41, 5.74) is 2.60. The van der Waals surface area contributed by atoms with E-state index in [1.165, 1.54) is 16.0 Å². The summed E-state index contributed by atoms with van der Waals surface area (Å²) in [6, 6.07) is 20.8. The Balaban J connectivity index is 1.75. The minimum absolute atomic E-state index is 0.0994. The van der Waals surface area contributed by atoms with Crippen LogP contribution in [-0.2, 0) is 20.9 Å². The molecule has 0 heterocycles. The van der Waals surface area contributed by atoms with Gasteiger partial charge in [0.25, 0.3) is 0 Å².